The largest absolute Gasteiger partial charge is 0.382 e. The average Bonchev–Trinajstić information content (AvgIpc) is 3.00. The maximum absolute atomic E-state index is 5.81. The first kappa shape index (κ1) is 33.1. The topological polar surface area (TPSA) is 34.1 Å². The van der Waals surface area contributed by atoms with Crippen LogP contribution in [0, 0.1) is 5.92 Å². The summed E-state index contributed by atoms with van der Waals surface area (Å²) in [5.74, 6) is 1.53. The zero-order chi connectivity index (χ0) is 29.0. The van der Waals surface area contributed by atoms with E-state index < -0.39 is 0 Å². The lowest BCUT2D eigenvalue weighted by molar-refractivity contribution is 0.116. The van der Waals surface area contributed by atoms with Crippen LogP contribution in [0.25, 0.3) is 0 Å². The van der Waals surface area contributed by atoms with Crippen LogP contribution in [0.2, 0.25) is 0 Å². The molecule has 0 amide bonds. The number of ether oxygens (including phenoxy) is 2. The molecule has 0 aliphatic carbocycles. The number of allylic oxidation sites excluding steroid dienone is 1. The van der Waals surface area contributed by atoms with Crippen molar-refractivity contribution < 1.29 is 9.47 Å². The lowest BCUT2D eigenvalue weighted by Gasteiger charge is -2.35. The number of rotatable bonds is 20. The van der Waals surface area contributed by atoms with E-state index in [0.29, 0.717) is 18.6 Å². The molecule has 0 saturated heterocycles. The van der Waals surface area contributed by atoms with Gasteiger partial charge in [0.2, 0.25) is 0 Å². The third-order valence-corrected chi connectivity index (χ3v) is 8.19. The van der Waals surface area contributed by atoms with Gasteiger partial charge in [-0.25, -0.2) is 0 Å². The summed E-state index contributed by atoms with van der Waals surface area (Å²) >= 11 is 0. The van der Waals surface area contributed by atoms with Gasteiger partial charge >= 0.3 is 0 Å². The lowest BCUT2D eigenvalue weighted by atomic mass is 9.97. The van der Waals surface area contributed by atoms with E-state index >= 15 is 0 Å². The van der Waals surface area contributed by atoms with Gasteiger partial charge < -0.3 is 14.4 Å². The van der Waals surface area contributed by atoms with Crippen molar-refractivity contribution in [2.24, 2.45) is 10.9 Å². The highest BCUT2D eigenvalue weighted by Crippen LogP contribution is 2.25. The molecule has 226 valence electrons. The first-order valence-corrected chi connectivity index (χ1v) is 16.4. The number of methoxy groups -OCH3 is 1. The Morgan fingerprint density at radius 1 is 0.829 bits per heavy atom. The van der Waals surface area contributed by atoms with Crippen molar-refractivity contribution in [2.75, 3.05) is 20.3 Å². The minimum absolute atomic E-state index is 0.152. The lowest BCUT2D eigenvalue weighted by Crippen LogP contribution is -2.40. The fourth-order valence-electron chi connectivity index (χ4n) is 5.61. The highest BCUT2D eigenvalue weighted by atomic mass is 16.5. The zero-order valence-electron chi connectivity index (χ0n) is 26.2. The second kappa shape index (κ2) is 20.4. The van der Waals surface area contributed by atoms with Crippen LogP contribution >= 0.6 is 0 Å². The number of amidine groups is 1. The second-order valence-electron chi connectivity index (χ2n) is 12.0. The summed E-state index contributed by atoms with van der Waals surface area (Å²) in [7, 11) is 1.78. The Kier molecular flexibility index (Phi) is 16.5. The molecule has 0 radical (unpaired) electrons. The third kappa shape index (κ3) is 13.0. The highest BCUT2D eigenvalue weighted by molar-refractivity contribution is 5.99. The van der Waals surface area contributed by atoms with Crippen LogP contribution in [0.3, 0.4) is 0 Å². The molecule has 4 nitrogen and oxygen atoms in total. The minimum Gasteiger partial charge on any atom is -0.382 e. The van der Waals surface area contributed by atoms with Crippen LogP contribution in [-0.2, 0) is 16.1 Å². The standard InChI is InChI=1S/C37H56N2O2/c1-32(2)36(31-40-3)38-37(34-24-16-13-17-25-34)39-28-20-19-27-35(39)26-18-10-8-6-4-5-7-9-11-21-29-41-30-33-22-14-12-15-23-33/h12-17,20,22-25,28,32,35-36H,4-11,18-19,21,26-27,29-31H2,1-3H3/t35-,36-/m1/s1. The van der Waals surface area contributed by atoms with Gasteiger partial charge in [0.05, 0.1) is 19.3 Å². The number of unbranched alkanes of at least 4 members (excludes halogenated alkanes) is 9. The van der Waals surface area contributed by atoms with Crippen molar-refractivity contribution >= 4 is 5.84 Å². The van der Waals surface area contributed by atoms with E-state index in [-0.39, 0.29) is 6.04 Å². The van der Waals surface area contributed by atoms with Gasteiger partial charge in [-0.15, -0.1) is 0 Å². The van der Waals surface area contributed by atoms with Crippen LogP contribution in [0.4, 0.5) is 0 Å². The van der Waals surface area contributed by atoms with E-state index in [1.54, 1.807) is 7.11 Å². The van der Waals surface area contributed by atoms with Crippen molar-refractivity contribution in [2.45, 2.75) is 116 Å². The second-order valence-corrected chi connectivity index (χ2v) is 12.0. The molecule has 0 aromatic heterocycles. The fourth-order valence-corrected chi connectivity index (χ4v) is 5.61. The molecule has 1 aliphatic heterocycles. The van der Waals surface area contributed by atoms with E-state index in [1.807, 2.05) is 0 Å². The predicted molar refractivity (Wildman–Crippen MR) is 174 cm³/mol. The third-order valence-electron chi connectivity index (χ3n) is 8.19. The van der Waals surface area contributed by atoms with Gasteiger partial charge in [-0.3, -0.25) is 4.99 Å². The molecule has 0 spiro atoms. The average molecular weight is 561 g/mol. The first-order valence-electron chi connectivity index (χ1n) is 16.4. The molecular weight excluding hydrogens is 504 g/mol. The molecule has 2 aromatic rings. The Morgan fingerprint density at radius 3 is 2.07 bits per heavy atom. The number of hydrogen-bond donors (Lipinski definition) is 0. The molecule has 0 saturated carbocycles. The SMILES string of the molecule is COC[C@@H](N=C(c1ccccc1)N1C=CCC[C@H]1CCCCCCCCCCCCOCc1ccccc1)C(C)C. The molecule has 0 N–H and O–H groups in total. The van der Waals surface area contributed by atoms with Crippen LogP contribution in [0.1, 0.15) is 108 Å². The summed E-state index contributed by atoms with van der Waals surface area (Å²) in [4.78, 5) is 7.76. The molecule has 0 unspecified atom stereocenters. The molecule has 0 bridgehead atoms. The van der Waals surface area contributed by atoms with Crippen molar-refractivity contribution in [1.29, 1.82) is 0 Å². The number of benzene rings is 2. The highest BCUT2D eigenvalue weighted by Gasteiger charge is 2.25. The normalized spacial score (nSPS) is 16.4. The zero-order valence-corrected chi connectivity index (χ0v) is 26.2. The quantitative estimate of drug-likeness (QED) is 0.0918. The van der Waals surface area contributed by atoms with Gasteiger partial charge in [-0.05, 0) is 37.2 Å². The summed E-state index contributed by atoms with van der Waals surface area (Å²) in [6.07, 6.45) is 21.5. The van der Waals surface area contributed by atoms with Crippen molar-refractivity contribution in [3.63, 3.8) is 0 Å². The molecular formula is C37H56N2O2. The fraction of sp³-hybridized carbons (Fsp3) is 0.595. The Bertz CT molecular complexity index is 973. The Labute approximate surface area is 251 Å². The summed E-state index contributed by atoms with van der Waals surface area (Å²) in [5, 5.41) is 0. The molecule has 0 fully saturated rings. The van der Waals surface area contributed by atoms with Gasteiger partial charge in [0.15, 0.2) is 0 Å². The monoisotopic (exact) mass is 560 g/mol. The minimum atomic E-state index is 0.152. The van der Waals surface area contributed by atoms with Crippen LogP contribution < -0.4 is 0 Å². The van der Waals surface area contributed by atoms with Crippen LogP contribution in [0.5, 0.6) is 0 Å². The molecule has 41 heavy (non-hydrogen) atoms. The first-order chi connectivity index (χ1) is 20.2. The summed E-state index contributed by atoms with van der Waals surface area (Å²) in [6, 6.07) is 21.9. The van der Waals surface area contributed by atoms with E-state index in [1.165, 1.54) is 88.2 Å². The number of aliphatic imine (C=N–C) groups is 1. The van der Waals surface area contributed by atoms with Crippen molar-refractivity contribution in [3.8, 4) is 0 Å². The van der Waals surface area contributed by atoms with Gasteiger partial charge in [0.1, 0.15) is 5.84 Å². The van der Waals surface area contributed by atoms with Crippen molar-refractivity contribution in [3.05, 3.63) is 84.1 Å². The van der Waals surface area contributed by atoms with E-state index in [9.17, 15) is 0 Å². The predicted octanol–water partition coefficient (Wildman–Crippen LogP) is 9.59. The number of nitrogens with zero attached hydrogens (tertiary/aromatic N) is 2. The van der Waals surface area contributed by atoms with Crippen LogP contribution in [0.15, 0.2) is 77.9 Å². The summed E-state index contributed by atoms with van der Waals surface area (Å²) < 4.78 is 11.3. The molecule has 2 aromatic carbocycles. The maximum Gasteiger partial charge on any atom is 0.135 e. The molecule has 3 rings (SSSR count). The van der Waals surface area contributed by atoms with E-state index in [0.717, 1.165) is 25.5 Å². The molecule has 4 heteroatoms. The Hall–Kier alpha value is -2.43. The smallest absolute Gasteiger partial charge is 0.135 e. The maximum atomic E-state index is 5.81. The van der Waals surface area contributed by atoms with Crippen molar-refractivity contribution in [1.82, 2.24) is 4.90 Å². The van der Waals surface area contributed by atoms with Crippen LogP contribution in [-0.4, -0.2) is 43.1 Å². The molecule has 1 aliphatic rings. The Balaban J connectivity index is 1.31. The van der Waals surface area contributed by atoms with E-state index in [2.05, 4.69) is 91.7 Å². The van der Waals surface area contributed by atoms with Gasteiger partial charge in [-0.2, -0.15) is 0 Å². The summed E-state index contributed by atoms with van der Waals surface area (Å²) in [5.41, 5.74) is 2.47. The van der Waals surface area contributed by atoms with E-state index in [4.69, 9.17) is 14.5 Å². The Morgan fingerprint density at radius 2 is 1.44 bits per heavy atom. The van der Waals surface area contributed by atoms with Gasteiger partial charge in [0.25, 0.3) is 0 Å². The molecule has 2 atom stereocenters. The number of hydrogen-bond acceptors (Lipinski definition) is 3. The summed E-state index contributed by atoms with van der Waals surface area (Å²) in [6.45, 7) is 6.75. The van der Waals surface area contributed by atoms with Gasteiger partial charge in [0, 0.05) is 31.5 Å². The molecule has 1 heterocycles. The van der Waals surface area contributed by atoms with Gasteiger partial charge in [-0.1, -0.05) is 138 Å².